The van der Waals surface area contributed by atoms with Crippen LogP contribution in [0.1, 0.15) is 36.6 Å². The number of amides is 1. The van der Waals surface area contributed by atoms with Crippen molar-refractivity contribution in [1.29, 1.82) is 5.41 Å². The number of aliphatic imine (C=N–C) groups is 1. The molecule has 2 aromatic carbocycles. The van der Waals surface area contributed by atoms with Crippen LogP contribution in [0, 0.1) is 5.41 Å². The number of thioether (sulfide) groups is 1. The summed E-state index contributed by atoms with van der Waals surface area (Å²) in [6.45, 7) is 4.33. The Labute approximate surface area is 212 Å². The molecule has 9 heteroatoms. The van der Waals surface area contributed by atoms with Crippen LogP contribution in [-0.4, -0.2) is 38.6 Å². The number of pyridine rings is 1. The number of aromatic nitrogens is 1. The highest BCUT2D eigenvalue weighted by atomic mass is 32.2. The van der Waals surface area contributed by atoms with Crippen LogP contribution < -0.4 is 9.47 Å². The number of carbonyl (C=O) groups is 1. The first-order chi connectivity index (χ1) is 17.5. The van der Waals surface area contributed by atoms with Gasteiger partial charge < -0.3 is 9.47 Å². The summed E-state index contributed by atoms with van der Waals surface area (Å²) >= 11 is 1.24. The van der Waals surface area contributed by atoms with Gasteiger partial charge in [0.15, 0.2) is 17.3 Å². The van der Waals surface area contributed by atoms with Gasteiger partial charge in [0.25, 0.3) is 5.91 Å². The maximum Gasteiger partial charge on any atom is 0.283 e. The van der Waals surface area contributed by atoms with E-state index in [2.05, 4.69) is 15.1 Å². The molecule has 1 N–H and O–H groups in total. The van der Waals surface area contributed by atoms with Crippen LogP contribution in [0.2, 0.25) is 0 Å². The van der Waals surface area contributed by atoms with Crippen molar-refractivity contribution in [3.05, 3.63) is 95.3 Å². The van der Waals surface area contributed by atoms with Gasteiger partial charge in [-0.1, -0.05) is 36.4 Å². The van der Waals surface area contributed by atoms with Crippen LogP contribution in [0.15, 0.2) is 88.7 Å². The number of hydrogen-bond donors (Lipinski definition) is 1. The standard InChI is InChI=1S/C27H23N5O3S/c1-3-34-23-15-18(11-12-22(23)35-17(2)19-8-5-4-6-9-19)14-21-24(28)32-27(30-25(21)33)36-26(31-32)20-10-7-13-29-16-20/h4-17,28H,3H2,1-2H3/b21-14-,28-24?. The Bertz CT molecular complexity index is 1400. The fourth-order valence-corrected chi connectivity index (χ4v) is 4.61. The van der Waals surface area contributed by atoms with E-state index in [9.17, 15) is 4.79 Å². The first kappa shape index (κ1) is 23.5. The summed E-state index contributed by atoms with van der Waals surface area (Å²) in [6.07, 6.45) is 4.82. The van der Waals surface area contributed by atoms with Crippen molar-refractivity contribution in [1.82, 2.24) is 9.99 Å². The normalized spacial score (nSPS) is 16.9. The molecule has 0 radical (unpaired) electrons. The number of nitrogens with zero attached hydrogens (tertiary/aromatic N) is 4. The Morgan fingerprint density at radius 1 is 1.11 bits per heavy atom. The molecule has 5 rings (SSSR count). The van der Waals surface area contributed by atoms with E-state index in [0.29, 0.717) is 33.9 Å². The summed E-state index contributed by atoms with van der Waals surface area (Å²) in [6, 6.07) is 19.1. The Hall–Kier alpha value is -4.24. The minimum Gasteiger partial charge on any atom is -0.490 e. The van der Waals surface area contributed by atoms with Crippen LogP contribution in [0.25, 0.3) is 6.08 Å². The number of nitrogens with one attached hydrogen (secondary N) is 1. The molecule has 0 spiro atoms. The second-order valence-electron chi connectivity index (χ2n) is 7.98. The Kier molecular flexibility index (Phi) is 6.64. The predicted molar refractivity (Wildman–Crippen MR) is 141 cm³/mol. The maximum atomic E-state index is 12.8. The average molecular weight is 498 g/mol. The van der Waals surface area contributed by atoms with E-state index in [0.717, 1.165) is 11.1 Å². The summed E-state index contributed by atoms with van der Waals surface area (Å²) in [5.41, 5.74) is 2.68. The van der Waals surface area contributed by atoms with Crippen LogP contribution >= 0.6 is 11.8 Å². The zero-order valence-corrected chi connectivity index (χ0v) is 20.5. The molecule has 36 heavy (non-hydrogen) atoms. The lowest BCUT2D eigenvalue weighted by atomic mass is 10.1. The van der Waals surface area contributed by atoms with Crippen molar-refractivity contribution in [2.45, 2.75) is 20.0 Å². The van der Waals surface area contributed by atoms with Crippen molar-refractivity contribution in [2.75, 3.05) is 6.61 Å². The summed E-state index contributed by atoms with van der Waals surface area (Å²) < 4.78 is 12.0. The number of ether oxygens (including phenoxy) is 2. The van der Waals surface area contributed by atoms with Gasteiger partial charge in [0, 0.05) is 18.0 Å². The number of carbonyl (C=O) groups excluding carboxylic acids is 1. The van der Waals surface area contributed by atoms with E-state index < -0.39 is 5.91 Å². The summed E-state index contributed by atoms with van der Waals surface area (Å²) in [7, 11) is 0. The van der Waals surface area contributed by atoms with E-state index in [-0.39, 0.29) is 17.5 Å². The zero-order chi connectivity index (χ0) is 25.1. The second kappa shape index (κ2) is 10.2. The molecule has 2 aliphatic heterocycles. The first-order valence-corrected chi connectivity index (χ1v) is 12.2. The van der Waals surface area contributed by atoms with Crippen LogP contribution in [0.5, 0.6) is 11.5 Å². The van der Waals surface area contributed by atoms with E-state index in [1.54, 1.807) is 24.5 Å². The molecule has 1 atom stereocenters. The topological polar surface area (TPSA) is 100 Å². The summed E-state index contributed by atoms with van der Waals surface area (Å²) in [5.74, 6) is 0.634. The minimum atomic E-state index is -0.489. The number of rotatable bonds is 7. The van der Waals surface area contributed by atoms with Crippen LogP contribution in [0.3, 0.4) is 0 Å². The smallest absolute Gasteiger partial charge is 0.283 e. The highest BCUT2D eigenvalue weighted by molar-refractivity contribution is 8.27. The van der Waals surface area contributed by atoms with Gasteiger partial charge in [0.1, 0.15) is 11.1 Å². The van der Waals surface area contributed by atoms with E-state index in [4.69, 9.17) is 14.9 Å². The van der Waals surface area contributed by atoms with Gasteiger partial charge in [0.05, 0.1) is 12.2 Å². The number of benzene rings is 2. The van der Waals surface area contributed by atoms with E-state index >= 15 is 0 Å². The molecule has 180 valence electrons. The molecular formula is C27H23N5O3S. The van der Waals surface area contributed by atoms with Crippen molar-refractivity contribution in [3.63, 3.8) is 0 Å². The number of hydrazone groups is 1. The molecule has 1 amide bonds. The van der Waals surface area contributed by atoms with Crippen molar-refractivity contribution in [2.24, 2.45) is 10.1 Å². The third-order valence-corrected chi connectivity index (χ3v) is 6.47. The molecule has 3 aromatic rings. The molecule has 0 saturated heterocycles. The fraction of sp³-hybridized carbons (Fsp3) is 0.148. The quantitative estimate of drug-likeness (QED) is 0.445. The lowest BCUT2D eigenvalue weighted by Gasteiger charge is -2.20. The molecule has 1 aromatic heterocycles. The maximum absolute atomic E-state index is 12.8. The largest absolute Gasteiger partial charge is 0.490 e. The average Bonchev–Trinajstić information content (AvgIpc) is 3.33. The predicted octanol–water partition coefficient (Wildman–Crippen LogP) is 5.29. The Morgan fingerprint density at radius 2 is 1.94 bits per heavy atom. The van der Waals surface area contributed by atoms with Crippen LogP contribution in [-0.2, 0) is 4.79 Å². The molecule has 0 aliphatic carbocycles. The SMILES string of the molecule is CCOc1cc(/C=C2/C(=N)N3N=C(c4cccnc4)SC3=NC2=O)ccc1OC(C)c1ccccc1. The summed E-state index contributed by atoms with van der Waals surface area (Å²) in [5, 5.41) is 15.5. The molecule has 0 saturated carbocycles. The molecule has 3 heterocycles. The monoisotopic (exact) mass is 497 g/mol. The minimum absolute atomic E-state index is 0.0348. The highest BCUT2D eigenvalue weighted by Gasteiger charge is 2.36. The van der Waals surface area contributed by atoms with E-state index in [1.807, 2.05) is 68.4 Å². The number of fused-ring (bicyclic) bond motifs is 1. The van der Waals surface area contributed by atoms with E-state index in [1.165, 1.54) is 16.8 Å². The lowest BCUT2D eigenvalue weighted by Crippen LogP contribution is -2.35. The third-order valence-electron chi connectivity index (χ3n) is 5.51. The van der Waals surface area contributed by atoms with Gasteiger partial charge in [-0.05, 0) is 67.1 Å². The number of hydrogen-bond acceptors (Lipinski definition) is 7. The Morgan fingerprint density at radius 3 is 2.69 bits per heavy atom. The molecule has 2 aliphatic rings. The van der Waals surface area contributed by atoms with Gasteiger partial charge >= 0.3 is 0 Å². The van der Waals surface area contributed by atoms with Gasteiger partial charge in [-0.2, -0.15) is 15.1 Å². The zero-order valence-electron chi connectivity index (χ0n) is 19.7. The van der Waals surface area contributed by atoms with Gasteiger partial charge in [-0.25, -0.2) is 0 Å². The lowest BCUT2D eigenvalue weighted by molar-refractivity contribution is -0.114. The van der Waals surface area contributed by atoms with Crippen molar-refractivity contribution >= 4 is 39.8 Å². The van der Waals surface area contributed by atoms with Gasteiger partial charge in [-0.3, -0.25) is 15.2 Å². The van der Waals surface area contributed by atoms with Crippen LogP contribution in [0.4, 0.5) is 0 Å². The molecule has 1 unspecified atom stereocenters. The number of amidine groups is 2. The highest BCUT2D eigenvalue weighted by Crippen LogP contribution is 2.34. The van der Waals surface area contributed by atoms with Crippen molar-refractivity contribution < 1.29 is 14.3 Å². The fourth-order valence-electron chi connectivity index (χ4n) is 3.73. The first-order valence-electron chi connectivity index (χ1n) is 11.4. The van der Waals surface area contributed by atoms with Gasteiger partial charge in [0.2, 0.25) is 5.17 Å². The molecule has 8 nitrogen and oxygen atoms in total. The van der Waals surface area contributed by atoms with Gasteiger partial charge in [-0.15, -0.1) is 0 Å². The molecule has 0 fully saturated rings. The second-order valence-corrected chi connectivity index (χ2v) is 8.93. The van der Waals surface area contributed by atoms with Crippen molar-refractivity contribution in [3.8, 4) is 11.5 Å². The Balaban J connectivity index is 1.41. The third kappa shape index (κ3) is 4.78. The molecular weight excluding hydrogens is 474 g/mol. The molecule has 0 bridgehead atoms. The summed E-state index contributed by atoms with van der Waals surface area (Å²) in [4.78, 5) is 21.1.